The highest BCUT2D eigenvalue weighted by Crippen LogP contribution is 2.31. The number of nitrogens with zero attached hydrogens (tertiary/aromatic N) is 1. The van der Waals surface area contributed by atoms with Crippen molar-refractivity contribution in [2.75, 3.05) is 31.6 Å². The third kappa shape index (κ3) is 6.61. The van der Waals surface area contributed by atoms with Gasteiger partial charge < -0.3 is 30.1 Å². The summed E-state index contributed by atoms with van der Waals surface area (Å²) in [5.74, 6) is 0.525. The number of fused-ring (bicyclic) bond motifs is 1. The highest BCUT2D eigenvalue weighted by Gasteiger charge is 2.40. The van der Waals surface area contributed by atoms with E-state index in [-0.39, 0.29) is 43.9 Å². The Morgan fingerprint density at radius 1 is 1.09 bits per heavy atom. The summed E-state index contributed by atoms with van der Waals surface area (Å²) in [6.45, 7) is 0.856. The van der Waals surface area contributed by atoms with Crippen molar-refractivity contribution in [3.8, 4) is 0 Å². The fourth-order valence-corrected chi connectivity index (χ4v) is 4.37. The Morgan fingerprint density at radius 2 is 1.82 bits per heavy atom. The Balaban J connectivity index is 1.38. The summed E-state index contributed by atoms with van der Waals surface area (Å²) < 4.78 is 50.1. The van der Waals surface area contributed by atoms with Crippen LogP contribution in [0.5, 0.6) is 0 Å². The van der Waals surface area contributed by atoms with Crippen LogP contribution < -0.4 is 10.6 Å². The highest BCUT2D eigenvalue weighted by molar-refractivity contribution is 5.89. The lowest BCUT2D eigenvalue weighted by Crippen LogP contribution is -2.58. The highest BCUT2D eigenvalue weighted by atomic mass is 19.4. The molecule has 4 rings (SSSR count). The van der Waals surface area contributed by atoms with Crippen LogP contribution in [0.25, 0.3) is 0 Å². The lowest BCUT2D eigenvalue weighted by atomic mass is 9.95. The molecular formula is C23H30F3N3O5. The molecule has 3 amide bonds. The zero-order valence-electron chi connectivity index (χ0n) is 18.7. The monoisotopic (exact) mass is 485 g/mol. The standard InChI is InChI=1S/C23H30F3N3O5/c24-23(25,26)15-3-5-16(6-4-15)28-22(32)29-11-17(30)12-33-13-20-19(29)8-7-18(34-20)9-21(31)27-10-14-1-2-14/h3-6,14,17-20,30H,1-2,7-13H2,(H,27,31)(H,28,32)/t17-,18+,19+,20-/m1/s1. The molecule has 1 aromatic rings. The largest absolute Gasteiger partial charge is 0.416 e. The van der Waals surface area contributed by atoms with Gasteiger partial charge in [-0.25, -0.2) is 4.79 Å². The fourth-order valence-electron chi connectivity index (χ4n) is 4.37. The topological polar surface area (TPSA) is 100 Å². The molecule has 188 valence electrons. The zero-order valence-corrected chi connectivity index (χ0v) is 18.7. The van der Waals surface area contributed by atoms with Crippen LogP contribution in [-0.2, 0) is 20.4 Å². The minimum Gasteiger partial charge on any atom is -0.389 e. The molecule has 1 aromatic carbocycles. The summed E-state index contributed by atoms with van der Waals surface area (Å²) in [5, 5.41) is 15.8. The maximum absolute atomic E-state index is 13.0. The van der Waals surface area contributed by atoms with Gasteiger partial charge in [-0.3, -0.25) is 4.79 Å². The quantitative estimate of drug-likeness (QED) is 0.596. The molecule has 0 unspecified atom stereocenters. The van der Waals surface area contributed by atoms with Gasteiger partial charge in [0.2, 0.25) is 5.91 Å². The van der Waals surface area contributed by atoms with E-state index in [1.54, 1.807) is 0 Å². The Bertz CT molecular complexity index is 862. The minimum atomic E-state index is -4.46. The summed E-state index contributed by atoms with van der Waals surface area (Å²) in [6, 6.07) is 3.23. The Morgan fingerprint density at radius 3 is 2.50 bits per heavy atom. The number of carbonyl (C=O) groups is 2. The van der Waals surface area contributed by atoms with E-state index in [2.05, 4.69) is 10.6 Å². The van der Waals surface area contributed by atoms with Gasteiger partial charge in [0.05, 0.1) is 50.0 Å². The first kappa shape index (κ1) is 24.7. The molecular weight excluding hydrogens is 455 g/mol. The first-order valence-corrected chi connectivity index (χ1v) is 11.6. The molecule has 2 heterocycles. The fraction of sp³-hybridized carbons (Fsp3) is 0.652. The number of hydrogen-bond donors (Lipinski definition) is 3. The number of ether oxygens (including phenoxy) is 2. The van der Waals surface area contributed by atoms with Crippen LogP contribution in [0.15, 0.2) is 24.3 Å². The molecule has 0 radical (unpaired) electrons. The number of β-amino-alcohol motifs (C(OH)–C–C–N with tert-alkyl or cyclic N) is 1. The zero-order chi connectivity index (χ0) is 24.3. The smallest absolute Gasteiger partial charge is 0.389 e. The SMILES string of the molecule is O=C(C[C@@H]1CC[C@H]2[C@@H](COC[C@H](O)CN2C(=O)Nc2ccc(C(F)(F)F)cc2)O1)NCC1CC1. The second-order valence-corrected chi connectivity index (χ2v) is 9.24. The lowest BCUT2D eigenvalue weighted by molar-refractivity contribution is -0.149. The third-order valence-corrected chi connectivity index (χ3v) is 6.40. The van der Waals surface area contributed by atoms with E-state index < -0.39 is 36.0 Å². The number of benzene rings is 1. The van der Waals surface area contributed by atoms with Crippen molar-refractivity contribution >= 4 is 17.6 Å². The lowest BCUT2D eigenvalue weighted by Gasteiger charge is -2.44. The molecule has 3 aliphatic rings. The molecule has 34 heavy (non-hydrogen) atoms. The molecule has 2 aliphatic heterocycles. The van der Waals surface area contributed by atoms with Crippen LogP contribution in [0.2, 0.25) is 0 Å². The van der Waals surface area contributed by atoms with Gasteiger partial charge in [0, 0.05) is 12.2 Å². The molecule has 0 bridgehead atoms. The van der Waals surface area contributed by atoms with Crippen LogP contribution in [0, 0.1) is 5.92 Å². The van der Waals surface area contributed by atoms with Crippen molar-refractivity contribution < 1.29 is 37.3 Å². The Labute approximate surface area is 195 Å². The number of halogens is 3. The number of anilines is 1. The number of urea groups is 1. The summed E-state index contributed by atoms with van der Waals surface area (Å²) in [6.07, 6.45) is -2.53. The van der Waals surface area contributed by atoms with Gasteiger partial charge in [0.25, 0.3) is 0 Å². The second-order valence-electron chi connectivity index (χ2n) is 9.24. The van der Waals surface area contributed by atoms with Crippen LogP contribution in [0.4, 0.5) is 23.7 Å². The number of nitrogens with one attached hydrogen (secondary N) is 2. The molecule has 1 aliphatic carbocycles. The van der Waals surface area contributed by atoms with E-state index in [9.17, 15) is 27.9 Å². The van der Waals surface area contributed by atoms with E-state index in [1.165, 1.54) is 17.0 Å². The van der Waals surface area contributed by atoms with Gasteiger partial charge in [0.1, 0.15) is 6.10 Å². The number of carbonyl (C=O) groups excluding carboxylic acids is 2. The summed E-state index contributed by atoms with van der Waals surface area (Å²) in [5.41, 5.74) is -0.596. The second kappa shape index (κ2) is 10.5. The summed E-state index contributed by atoms with van der Waals surface area (Å²) in [7, 11) is 0. The Kier molecular flexibility index (Phi) is 7.63. The van der Waals surface area contributed by atoms with Crippen LogP contribution in [0.1, 0.15) is 37.7 Å². The van der Waals surface area contributed by atoms with Gasteiger partial charge in [-0.2, -0.15) is 13.2 Å². The van der Waals surface area contributed by atoms with Crippen LogP contribution >= 0.6 is 0 Å². The molecule has 4 atom stereocenters. The number of alkyl halides is 3. The van der Waals surface area contributed by atoms with Crippen molar-refractivity contribution in [3.63, 3.8) is 0 Å². The van der Waals surface area contributed by atoms with E-state index in [0.29, 0.717) is 25.3 Å². The van der Waals surface area contributed by atoms with Crippen molar-refractivity contribution in [1.82, 2.24) is 10.2 Å². The first-order chi connectivity index (χ1) is 16.2. The van der Waals surface area contributed by atoms with Crippen LogP contribution in [-0.4, -0.2) is 72.6 Å². The number of hydrogen-bond acceptors (Lipinski definition) is 5. The Hall–Kier alpha value is -2.37. The molecule has 11 heteroatoms. The number of rotatable bonds is 5. The summed E-state index contributed by atoms with van der Waals surface area (Å²) in [4.78, 5) is 26.7. The van der Waals surface area contributed by atoms with Gasteiger partial charge >= 0.3 is 12.2 Å². The van der Waals surface area contributed by atoms with Crippen molar-refractivity contribution in [1.29, 1.82) is 0 Å². The van der Waals surface area contributed by atoms with E-state index in [4.69, 9.17) is 9.47 Å². The average molecular weight is 486 g/mol. The number of amides is 3. The van der Waals surface area contributed by atoms with Gasteiger partial charge in [-0.05, 0) is 55.9 Å². The molecule has 2 saturated heterocycles. The third-order valence-electron chi connectivity index (χ3n) is 6.40. The molecule has 1 saturated carbocycles. The van der Waals surface area contributed by atoms with Crippen molar-refractivity contribution in [2.45, 2.75) is 62.6 Å². The average Bonchev–Trinajstić information content (AvgIpc) is 3.60. The van der Waals surface area contributed by atoms with E-state index >= 15 is 0 Å². The molecule has 3 fully saturated rings. The van der Waals surface area contributed by atoms with Crippen molar-refractivity contribution in [3.05, 3.63) is 29.8 Å². The predicted molar refractivity (Wildman–Crippen MR) is 116 cm³/mol. The van der Waals surface area contributed by atoms with Crippen LogP contribution in [0.3, 0.4) is 0 Å². The number of aliphatic hydroxyl groups is 1. The summed E-state index contributed by atoms with van der Waals surface area (Å²) >= 11 is 0. The minimum absolute atomic E-state index is 0.0104. The first-order valence-electron chi connectivity index (χ1n) is 11.6. The predicted octanol–water partition coefficient (Wildman–Crippen LogP) is 2.76. The molecule has 8 nitrogen and oxygen atoms in total. The number of aliphatic hydroxyl groups excluding tert-OH is 1. The van der Waals surface area contributed by atoms with Gasteiger partial charge in [0.15, 0.2) is 0 Å². The van der Waals surface area contributed by atoms with E-state index in [0.717, 1.165) is 25.0 Å². The van der Waals surface area contributed by atoms with Gasteiger partial charge in [-0.15, -0.1) is 0 Å². The normalized spacial score (nSPS) is 27.8. The van der Waals surface area contributed by atoms with E-state index in [1.807, 2.05) is 0 Å². The maximum Gasteiger partial charge on any atom is 0.416 e. The van der Waals surface area contributed by atoms with Crippen molar-refractivity contribution in [2.24, 2.45) is 5.92 Å². The molecule has 0 spiro atoms. The van der Waals surface area contributed by atoms with Gasteiger partial charge in [-0.1, -0.05) is 0 Å². The molecule has 0 aromatic heterocycles. The molecule has 3 N–H and O–H groups in total. The maximum atomic E-state index is 13.0.